The van der Waals surface area contributed by atoms with Crippen LogP contribution in [0, 0.1) is 5.82 Å². The predicted molar refractivity (Wildman–Crippen MR) is 107 cm³/mol. The summed E-state index contributed by atoms with van der Waals surface area (Å²) in [6.07, 6.45) is 0.176. The van der Waals surface area contributed by atoms with Crippen LogP contribution >= 0.6 is 0 Å². The summed E-state index contributed by atoms with van der Waals surface area (Å²) in [5, 5.41) is 5.52. The minimum atomic E-state index is -0.330. The van der Waals surface area contributed by atoms with E-state index < -0.39 is 0 Å². The molecule has 2 N–H and O–H groups in total. The first-order valence-corrected chi connectivity index (χ1v) is 9.06. The fourth-order valence-electron chi connectivity index (χ4n) is 2.77. The third kappa shape index (κ3) is 5.51. The van der Waals surface area contributed by atoms with Gasteiger partial charge in [-0.2, -0.15) is 0 Å². The molecule has 0 atom stereocenters. The number of carbonyl (C=O) groups is 2. The van der Waals surface area contributed by atoms with Crippen LogP contribution in [-0.4, -0.2) is 24.9 Å². The van der Waals surface area contributed by atoms with E-state index in [0.29, 0.717) is 18.7 Å². The third-order valence-electron chi connectivity index (χ3n) is 4.26. The smallest absolute Gasteiger partial charge is 0.251 e. The highest BCUT2D eigenvalue weighted by Gasteiger charge is 2.07. The molecule has 0 spiro atoms. The second kappa shape index (κ2) is 9.46. The van der Waals surface area contributed by atoms with Gasteiger partial charge in [-0.15, -0.1) is 0 Å². The summed E-state index contributed by atoms with van der Waals surface area (Å²) in [5.74, 6) is -0.691. The number of hydrogen-bond donors (Lipinski definition) is 2. The zero-order chi connectivity index (χ0) is 19.8. The van der Waals surface area contributed by atoms with Crippen LogP contribution in [0.25, 0.3) is 11.1 Å². The first kappa shape index (κ1) is 19.3. The Morgan fingerprint density at radius 3 is 2.00 bits per heavy atom. The summed E-state index contributed by atoms with van der Waals surface area (Å²) >= 11 is 0. The maximum Gasteiger partial charge on any atom is 0.251 e. The summed E-state index contributed by atoms with van der Waals surface area (Å²) < 4.78 is 12.9. The van der Waals surface area contributed by atoms with Gasteiger partial charge in [-0.1, -0.05) is 54.6 Å². The Hall–Kier alpha value is -3.47. The van der Waals surface area contributed by atoms with E-state index in [1.54, 1.807) is 24.3 Å². The maximum atomic E-state index is 12.9. The molecule has 0 aliphatic heterocycles. The average Bonchev–Trinajstić information content (AvgIpc) is 2.73. The van der Waals surface area contributed by atoms with Gasteiger partial charge in [0.25, 0.3) is 5.91 Å². The van der Waals surface area contributed by atoms with E-state index in [-0.39, 0.29) is 24.1 Å². The van der Waals surface area contributed by atoms with Crippen LogP contribution in [0.1, 0.15) is 15.9 Å². The van der Waals surface area contributed by atoms with Gasteiger partial charge in [0.2, 0.25) is 5.91 Å². The normalized spacial score (nSPS) is 10.3. The Morgan fingerprint density at radius 2 is 1.32 bits per heavy atom. The molecule has 0 saturated heterocycles. The maximum absolute atomic E-state index is 12.9. The molecule has 4 nitrogen and oxygen atoms in total. The van der Waals surface area contributed by atoms with Crippen molar-refractivity contribution in [2.45, 2.75) is 6.42 Å². The van der Waals surface area contributed by atoms with Crippen LogP contribution in [0.3, 0.4) is 0 Å². The number of rotatable bonds is 7. The fraction of sp³-hybridized carbons (Fsp3) is 0.130. The highest BCUT2D eigenvalue weighted by atomic mass is 19.1. The van der Waals surface area contributed by atoms with Crippen molar-refractivity contribution in [1.29, 1.82) is 0 Å². The molecule has 0 saturated carbocycles. The highest BCUT2D eigenvalue weighted by molar-refractivity contribution is 5.94. The Kier molecular flexibility index (Phi) is 6.52. The van der Waals surface area contributed by atoms with Crippen LogP contribution in [0.4, 0.5) is 4.39 Å². The average molecular weight is 376 g/mol. The molecule has 2 amide bonds. The van der Waals surface area contributed by atoms with E-state index >= 15 is 0 Å². The predicted octanol–water partition coefficient (Wildman–Crippen LogP) is 3.58. The number of benzene rings is 3. The zero-order valence-corrected chi connectivity index (χ0v) is 15.3. The number of halogens is 1. The van der Waals surface area contributed by atoms with E-state index in [9.17, 15) is 14.0 Å². The van der Waals surface area contributed by atoms with Crippen LogP contribution in [0.15, 0.2) is 78.9 Å². The van der Waals surface area contributed by atoms with Gasteiger partial charge in [-0.25, -0.2) is 4.39 Å². The second-order valence-corrected chi connectivity index (χ2v) is 6.35. The van der Waals surface area contributed by atoms with Crippen molar-refractivity contribution < 1.29 is 14.0 Å². The zero-order valence-electron chi connectivity index (χ0n) is 15.3. The third-order valence-corrected chi connectivity index (χ3v) is 4.26. The van der Waals surface area contributed by atoms with Crippen molar-refractivity contribution in [3.05, 3.63) is 95.8 Å². The van der Waals surface area contributed by atoms with Crippen molar-refractivity contribution in [2.75, 3.05) is 13.1 Å². The van der Waals surface area contributed by atoms with Crippen molar-refractivity contribution >= 4 is 11.8 Å². The molecular formula is C23H21FN2O2. The van der Waals surface area contributed by atoms with E-state index in [0.717, 1.165) is 16.7 Å². The topological polar surface area (TPSA) is 58.2 Å². The summed E-state index contributed by atoms with van der Waals surface area (Å²) in [6.45, 7) is 0.655. The molecule has 0 fully saturated rings. The molecular weight excluding hydrogens is 355 g/mol. The van der Waals surface area contributed by atoms with Crippen LogP contribution in [0.5, 0.6) is 0 Å². The van der Waals surface area contributed by atoms with E-state index in [2.05, 4.69) is 10.6 Å². The first-order chi connectivity index (χ1) is 13.6. The Bertz CT molecular complexity index is 923. The van der Waals surface area contributed by atoms with E-state index in [4.69, 9.17) is 0 Å². The van der Waals surface area contributed by atoms with Gasteiger partial charge in [0.15, 0.2) is 0 Å². The molecule has 0 aromatic heterocycles. The van der Waals surface area contributed by atoms with Crippen molar-refractivity contribution in [1.82, 2.24) is 10.6 Å². The highest BCUT2D eigenvalue weighted by Crippen LogP contribution is 2.19. The van der Waals surface area contributed by atoms with Gasteiger partial charge in [-0.3, -0.25) is 9.59 Å². The number of amides is 2. The molecule has 3 rings (SSSR count). The van der Waals surface area contributed by atoms with Crippen molar-refractivity contribution in [2.24, 2.45) is 0 Å². The van der Waals surface area contributed by atoms with Crippen LogP contribution in [0.2, 0.25) is 0 Å². The molecule has 5 heteroatoms. The van der Waals surface area contributed by atoms with Crippen molar-refractivity contribution in [3.8, 4) is 11.1 Å². The second-order valence-electron chi connectivity index (χ2n) is 6.35. The first-order valence-electron chi connectivity index (χ1n) is 9.06. The molecule has 28 heavy (non-hydrogen) atoms. The number of nitrogens with one attached hydrogen (secondary N) is 2. The monoisotopic (exact) mass is 376 g/mol. The molecule has 3 aromatic rings. The lowest BCUT2D eigenvalue weighted by atomic mass is 10.0. The molecule has 0 unspecified atom stereocenters. The SMILES string of the molecule is O=C(Cc1ccc(F)cc1)NCCNC(=O)c1ccc(-c2ccccc2)cc1. The van der Waals surface area contributed by atoms with Gasteiger partial charge in [-0.05, 0) is 41.0 Å². The van der Waals surface area contributed by atoms with E-state index in [1.165, 1.54) is 12.1 Å². The molecule has 0 radical (unpaired) electrons. The molecule has 142 valence electrons. The summed E-state index contributed by atoms with van der Waals surface area (Å²) in [4.78, 5) is 24.1. The molecule has 0 aliphatic carbocycles. The van der Waals surface area contributed by atoms with Gasteiger partial charge in [0, 0.05) is 18.7 Å². The lowest BCUT2D eigenvalue weighted by molar-refractivity contribution is -0.120. The van der Waals surface area contributed by atoms with Gasteiger partial charge in [0.1, 0.15) is 5.82 Å². The molecule has 0 bridgehead atoms. The quantitative estimate of drug-likeness (QED) is 0.619. The number of carbonyl (C=O) groups excluding carboxylic acids is 2. The molecule has 3 aromatic carbocycles. The molecule has 0 aliphatic rings. The molecule has 0 heterocycles. The van der Waals surface area contributed by atoms with Gasteiger partial charge >= 0.3 is 0 Å². The Labute approximate surface area is 163 Å². The van der Waals surface area contributed by atoms with Crippen molar-refractivity contribution in [3.63, 3.8) is 0 Å². The summed E-state index contributed by atoms with van der Waals surface area (Å²) in [6, 6.07) is 23.1. The number of hydrogen-bond acceptors (Lipinski definition) is 2. The minimum Gasteiger partial charge on any atom is -0.354 e. The standard InChI is InChI=1S/C23H21FN2O2/c24-21-12-6-17(7-13-21)16-22(27)25-14-15-26-23(28)20-10-8-19(9-11-20)18-4-2-1-3-5-18/h1-13H,14-16H2,(H,25,27)(H,26,28). The Balaban J connectivity index is 1.41. The van der Waals surface area contributed by atoms with E-state index in [1.807, 2.05) is 42.5 Å². The van der Waals surface area contributed by atoms with Gasteiger partial charge < -0.3 is 10.6 Å². The summed E-state index contributed by atoms with van der Waals surface area (Å²) in [5.41, 5.74) is 3.45. The van der Waals surface area contributed by atoms with Crippen LogP contribution < -0.4 is 10.6 Å². The lowest BCUT2D eigenvalue weighted by Gasteiger charge is -2.08. The van der Waals surface area contributed by atoms with Crippen LogP contribution in [-0.2, 0) is 11.2 Å². The Morgan fingerprint density at radius 1 is 0.714 bits per heavy atom. The van der Waals surface area contributed by atoms with Gasteiger partial charge in [0.05, 0.1) is 6.42 Å². The fourth-order valence-corrected chi connectivity index (χ4v) is 2.77. The minimum absolute atomic E-state index is 0.173. The summed E-state index contributed by atoms with van der Waals surface area (Å²) in [7, 11) is 0. The largest absolute Gasteiger partial charge is 0.354 e. The lowest BCUT2D eigenvalue weighted by Crippen LogP contribution is -2.35.